The standard InChI is InChI=1S/C22H19N3O2/c1-25(2)18-12-10-15(11-13-18)21(26)23-17-7-5-6-16(14-17)22-24-19-8-3-4-9-20(19)27-22/h3-14H,1-2H3,(H,23,26). The molecule has 0 spiro atoms. The first-order chi connectivity index (χ1) is 13.1. The molecule has 27 heavy (non-hydrogen) atoms. The fourth-order valence-electron chi connectivity index (χ4n) is 2.84. The Hall–Kier alpha value is -3.60. The molecule has 0 radical (unpaired) electrons. The minimum absolute atomic E-state index is 0.157. The van der Waals surface area contributed by atoms with Crippen LogP contribution in [0.4, 0.5) is 11.4 Å². The van der Waals surface area contributed by atoms with Crippen molar-refractivity contribution >= 4 is 28.4 Å². The van der Waals surface area contributed by atoms with Crippen LogP contribution in [0.25, 0.3) is 22.6 Å². The van der Waals surface area contributed by atoms with Crippen molar-refractivity contribution in [2.24, 2.45) is 0 Å². The van der Waals surface area contributed by atoms with Crippen LogP contribution >= 0.6 is 0 Å². The summed E-state index contributed by atoms with van der Waals surface area (Å²) in [4.78, 5) is 19.0. The number of oxazole rings is 1. The molecular weight excluding hydrogens is 338 g/mol. The largest absolute Gasteiger partial charge is 0.436 e. The minimum atomic E-state index is -0.157. The van der Waals surface area contributed by atoms with Gasteiger partial charge in [0, 0.05) is 36.6 Å². The van der Waals surface area contributed by atoms with Crippen LogP contribution in [0.15, 0.2) is 77.2 Å². The summed E-state index contributed by atoms with van der Waals surface area (Å²) in [6.07, 6.45) is 0. The minimum Gasteiger partial charge on any atom is -0.436 e. The van der Waals surface area contributed by atoms with E-state index < -0.39 is 0 Å². The molecule has 0 aliphatic rings. The fraction of sp³-hybridized carbons (Fsp3) is 0.0909. The van der Waals surface area contributed by atoms with Gasteiger partial charge in [-0.2, -0.15) is 0 Å². The predicted octanol–water partition coefficient (Wildman–Crippen LogP) is 4.81. The molecule has 0 atom stereocenters. The fourth-order valence-corrected chi connectivity index (χ4v) is 2.84. The predicted molar refractivity (Wildman–Crippen MR) is 108 cm³/mol. The summed E-state index contributed by atoms with van der Waals surface area (Å²) in [7, 11) is 3.93. The normalized spacial score (nSPS) is 10.7. The number of carbonyl (C=O) groups excluding carboxylic acids is 1. The Morgan fingerprint density at radius 2 is 1.74 bits per heavy atom. The van der Waals surface area contributed by atoms with Crippen molar-refractivity contribution in [2.45, 2.75) is 0 Å². The van der Waals surface area contributed by atoms with Gasteiger partial charge in [-0.1, -0.05) is 18.2 Å². The van der Waals surface area contributed by atoms with Crippen molar-refractivity contribution in [1.82, 2.24) is 4.98 Å². The topological polar surface area (TPSA) is 58.4 Å². The van der Waals surface area contributed by atoms with Crippen molar-refractivity contribution in [3.05, 3.63) is 78.4 Å². The molecule has 0 saturated heterocycles. The van der Waals surface area contributed by atoms with Crippen molar-refractivity contribution < 1.29 is 9.21 Å². The molecule has 1 aromatic heterocycles. The third kappa shape index (κ3) is 3.53. The number of aromatic nitrogens is 1. The van der Waals surface area contributed by atoms with Gasteiger partial charge in [0.25, 0.3) is 5.91 Å². The van der Waals surface area contributed by atoms with Gasteiger partial charge in [0.05, 0.1) is 0 Å². The molecule has 5 nitrogen and oxygen atoms in total. The van der Waals surface area contributed by atoms with Crippen LogP contribution in [0.1, 0.15) is 10.4 Å². The molecule has 3 aromatic carbocycles. The Bertz CT molecular complexity index is 1060. The molecule has 1 amide bonds. The number of para-hydroxylation sites is 2. The third-order valence-corrected chi connectivity index (χ3v) is 4.31. The molecule has 0 bridgehead atoms. The van der Waals surface area contributed by atoms with E-state index >= 15 is 0 Å². The first kappa shape index (κ1) is 16.8. The summed E-state index contributed by atoms with van der Waals surface area (Å²) < 4.78 is 5.81. The number of carbonyl (C=O) groups is 1. The highest BCUT2D eigenvalue weighted by Gasteiger charge is 2.10. The molecule has 1 N–H and O–H groups in total. The molecule has 0 aliphatic carbocycles. The van der Waals surface area contributed by atoms with Crippen LogP contribution in [0.3, 0.4) is 0 Å². The van der Waals surface area contributed by atoms with E-state index in [1.54, 1.807) is 0 Å². The number of amides is 1. The second-order valence-corrected chi connectivity index (χ2v) is 6.46. The van der Waals surface area contributed by atoms with E-state index in [0.29, 0.717) is 17.1 Å². The summed E-state index contributed by atoms with van der Waals surface area (Å²) in [6, 6.07) is 22.6. The van der Waals surface area contributed by atoms with E-state index in [9.17, 15) is 4.79 Å². The molecular formula is C22H19N3O2. The van der Waals surface area contributed by atoms with Crippen LogP contribution in [-0.2, 0) is 0 Å². The first-order valence-corrected chi connectivity index (χ1v) is 8.65. The van der Waals surface area contributed by atoms with E-state index in [1.165, 1.54) is 0 Å². The number of fused-ring (bicyclic) bond motifs is 1. The SMILES string of the molecule is CN(C)c1ccc(C(=O)Nc2cccc(-c3nc4ccccc4o3)c2)cc1. The van der Waals surface area contributed by atoms with Crippen LogP contribution in [0.2, 0.25) is 0 Å². The van der Waals surface area contributed by atoms with Gasteiger partial charge in [-0.3, -0.25) is 4.79 Å². The smallest absolute Gasteiger partial charge is 0.255 e. The van der Waals surface area contributed by atoms with E-state index in [1.807, 2.05) is 91.8 Å². The van der Waals surface area contributed by atoms with Gasteiger partial charge >= 0.3 is 0 Å². The molecule has 4 rings (SSSR count). The molecule has 4 aromatic rings. The van der Waals surface area contributed by atoms with Crippen molar-refractivity contribution in [3.8, 4) is 11.5 Å². The number of rotatable bonds is 4. The van der Waals surface area contributed by atoms with Gasteiger partial charge in [-0.25, -0.2) is 4.98 Å². The second-order valence-electron chi connectivity index (χ2n) is 6.46. The Morgan fingerprint density at radius 1 is 0.963 bits per heavy atom. The Labute approximate surface area is 157 Å². The number of hydrogen-bond acceptors (Lipinski definition) is 4. The van der Waals surface area contributed by atoms with Gasteiger partial charge in [0.1, 0.15) is 5.52 Å². The van der Waals surface area contributed by atoms with Gasteiger partial charge in [-0.15, -0.1) is 0 Å². The van der Waals surface area contributed by atoms with E-state index in [0.717, 1.165) is 22.4 Å². The highest BCUT2D eigenvalue weighted by atomic mass is 16.3. The van der Waals surface area contributed by atoms with E-state index in [-0.39, 0.29) is 5.91 Å². The molecule has 0 unspecified atom stereocenters. The number of benzene rings is 3. The maximum absolute atomic E-state index is 12.5. The first-order valence-electron chi connectivity index (χ1n) is 8.65. The molecule has 134 valence electrons. The molecule has 0 saturated carbocycles. The monoisotopic (exact) mass is 357 g/mol. The average molecular weight is 357 g/mol. The summed E-state index contributed by atoms with van der Waals surface area (Å²) in [5.41, 5.74) is 4.70. The zero-order chi connectivity index (χ0) is 18.8. The maximum Gasteiger partial charge on any atom is 0.255 e. The molecule has 1 heterocycles. The van der Waals surface area contributed by atoms with Crippen LogP contribution in [-0.4, -0.2) is 25.0 Å². The zero-order valence-electron chi connectivity index (χ0n) is 15.1. The number of anilines is 2. The third-order valence-electron chi connectivity index (χ3n) is 4.31. The van der Waals surface area contributed by atoms with Crippen LogP contribution in [0, 0.1) is 0 Å². The molecule has 0 fully saturated rings. The van der Waals surface area contributed by atoms with Gasteiger partial charge < -0.3 is 14.6 Å². The average Bonchev–Trinajstić information content (AvgIpc) is 3.12. The van der Waals surface area contributed by atoms with E-state index in [2.05, 4.69) is 10.3 Å². The summed E-state index contributed by atoms with van der Waals surface area (Å²) >= 11 is 0. The van der Waals surface area contributed by atoms with Crippen molar-refractivity contribution in [1.29, 1.82) is 0 Å². The van der Waals surface area contributed by atoms with Crippen LogP contribution in [0.5, 0.6) is 0 Å². The van der Waals surface area contributed by atoms with Gasteiger partial charge in [-0.05, 0) is 54.6 Å². The molecule has 5 heteroatoms. The summed E-state index contributed by atoms with van der Waals surface area (Å²) in [5.74, 6) is 0.373. The molecule has 0 aliphatic heterocycles. The number of nitrogens with one attached hydrogen (secondary N) is 1. The lowest BCUT2D eigenvalue weighted by atomic mass is 10.1. The quantitative estimate of drug-likeness (QED) is 0.569. The lowest BCUT2D eigenvalue weighted by Gasteiger charge is -2.12. The maximum atomic E-state index is 12.5. The number of hydrogen-bond donors (Lipinski definition) is 1. The zero-order valence-corrected chi connectivity index (χ0v) is 15.1. The lowest BCUT2D eigenvalue weighted by molar-refractivity contribution is 0.102. The Balaban J connectivity index is 1.56. The summed E-state index contributed by atoms with van der Waals surface area (Å²) in [6.45, 7) is 0. The van der Waals surface area contributed by atoms with E-state index in [4.69, 9.17) is 4.42 Å². The number of nitrogens with zero attached hydrogens (tertiary/aromatic N) is 2. The van der Waals surface area contributed by atoms with Crippen LogP contribution < -0.4 is 10.2 Å². The Kier molecular flexibility index (Phi) is 4.34. The van der Waals surface area contributed by atoms with Crippen molar-refractivity contribution in [3.63, 3.8) is 0 Å². The Morgan fingerprint density at radius 3 is 2.48 bits per heavy atom. The van der Waals surface area contributed by atoms with Crippen molar-refractivity contribution in [2.75, 3.05) is 24.3 Å². The highest BCUT2D eigenvalue weighted by Crippen LogP contribution is 2.26. The second kappa shape index (κ2) is 6.96. The highest BCUT2D eigenvalue weighted by molar-refractivity contribution is 6.04. The van der Waals surface area contributed by atoms with Gasteiger partial charge in [0.2, 0.25) is 5.89 Å². The lowest BCUT2D eigenvalue weighted by Crippen LogP contribution is -2.13. The summed E-state index contributed by atoms with van der Waals surface area (Å²) in [5, 5.41) is 2.93. The van der Waals surface area contributed by atoms with Gasteiger partial charge in [0.15, 0.2) is 5.58 Å².